The molecule has 0 saturated carbocycles. The van der Waals surface area contributed by atoms with Crippen molar-refractivity contribution in [2.75, 3.05) is 17.1 Å². The van der Waals surface area contributed by atoms with Crippen LogP contribution in [0.5, 0.6) is 0 Å². The lowest BCUT2D eigenvalue weighted by atomic mass is 10.0. The summed E-state index contributed by atoms with van der Waals surface area (Å²) < 4.78 is 26.7. The fourth-order valence-corrected chi connectivity index (χ4v) is 5.02. The summed E-state index contributed by atoms with van der Waals surface area (Å²) in [5.41, 5.74) is 1.69. The molecule has 0 fully saturated rings. The quantitative estimate of drug-likeness (QED) is 0.466. The Balaban J connectivity index is 2.52. The van der Waals surface area contributed by atoms with Crippen LogP contribution in [0.1, 0.15) is 51.7 Å². The van der Waals surface area contributed by atoms with Crippen LogP contribution in [0.25, 0.3) is 0 Å². The van der Waals surface area contributed by atoms with Crippen molar-refractivity contribution in [1.82, 2.24) is 10.2 Å². The first kappa shape index (κ1) is 28.9. The SMILES string of the molecule is CC(C)NC(=O)[C@@H](C)N(Cc1c(Cl)cccc1Cl)C(=O)CN(c1ccccc1C(C)C)S(C)(=O)=O. The number of carbonyl (C=O) groups is 2. The number of hydrogen-bond donors (Lipinski definition) is 1. The highest BCUT2D eigenvalue weighted by atomic mass is 35.5. The van der Waals surface area contributed by atoms with Crippen LogP contribution >= 0.6 is 23.2 Å². The molecule has 0 heterocycles. The summed E-state index contributed by atoms with van der Waals surface area (Å²) in [6.07, 6.45) is 1.06. The molecular formula is C25H33Cl2N3O4S. The van der Waals surface area contributed by atoms with E-state index in [1.807, 2.05) is 39.8 Å². The molecule has 2 aromatic carbocycles. The molecule has 7 nitrogen and oxygen atoms in total. The molecule has 2 rings (SSSR count). The molecule has 0 unspecified atom stereocenters. The number of benzene rings is 2. The van der Waals surface area contributed by atoms with Crippen LogP contribution in [0.4, 0.5) is 5.69 Å². The number of carbonyl (C=O) groups excluding carboxylic acids is 2. The van der Waals surface area contributed by atoms with Gasteiger partial charge in [0.1, 0.15) is 12.6 Å². The van der Waals surface area contributed by atoms with E-state index in [4.69, 9.17) is 23.2 Å². The molecule has 0 aliphatic heterocycles. The Hall–Kier alpha value is -2.29. The van der Waals surface area contributed by atoms with Gasteiger partial charge < -0.3 is 10.2 Å². The monoisotopic (exact) mass is 541 g/mol. The van der Waals surface area contributed by atoms with Crippen LogP contribution in [0.3, 0.4) is 0 Å². The van der Waals surface area contributed by atoms with E-state index in [-0.39, 0.29) is 24.4 Å². The Morgan fingerprint density at radius 3 is 2.03 bits per heavy atom. The van der Waals surface area contributed by atoms with Gasteiger partial charge in [0.05, 0.1) is 11.9 Å². The van der Waals surface area contributed by atoms with Gasteiger partial charge in [0.25, 0.3) is 0 Å². The van der Waals surface area contributed by atoms with Crippen LogP contribution in [0, 0.1) is 0 Å². The highest BCUT2D eigenvalue weighted by molar-refractivity contribution is 7.92. The van der Waals surface area contributed by atoms with E-state index in [1.165, 1.54) is 4.90 Å². The van der Waals surface area contributed by atoms with Crippen LogP contribution in [0.2, 0.25) is 10.0 Å². The molecule has 35 heavy (non-hydrogen) atoms. The molecular weight excluding hydrogens is 509 g/mol. The molecule has 0 bridgehead atoms. The van der Waals surface area contributed by atoms with Crippen LogP contribution < -0.4 is 9.62 Å². The summed E-state index contributed by atoms with van der Waals surface area (Å²) in [5, 5.41) is 3.49. The number of hydrogen-bond acceptors (Lipinski definition) is 4. The Kier molecular flexibility index (Phi) is 10.0. The van der Waals surface area contributed by atoms with Gasteiger partial charge in [0, 0.05) is 28.2 Å². The highest BCUT2D eigenvalue weighted by Crippen LogP contribution is 2.30. The molecule has 0 saturated heterocycles. The predicted molar refractivity (Wildman–Crippen MR) is 142 cm³/mol. The van der Waals surface area contributed by atoms with Crippen LogP contribution in [-0.2, 0) is 26.2 Å². The zero-order valence-electron chi connectivity index (χ0n) is 20.9. The lowest BCUT2D eigenvalue weighted by molar-refractivity contribution is -0.139. The van der Waals surface area contributed by atoms with E-state index in [2.05, 4.69) is 5.32 Å². The second kappa shape index (κ2) is 12.1. The van der Waals surface area contributed by atoms with Crippen molar-refractivity contribution in [3.63, 3.8) is 0 Å². The average Bonchev–Trinajstić information content (AvgIpc) is 2.75. The second-order valence-electron chi connectivity index (χ2n) is 9.04. The molecule has 192 valence electrons. The van der Waals surface area contributed by atoms with Crippen molar-refractivity contribution in [2.24, 2.45) is 0 Å². The summed E-state index contributed by atoms with van der Waals surface area (Å²) in [6.45, 7) is 8.58. The molecule has 0 radical (unpaired) electrons. The van der Waals surface area contributed by atoms with Gasteiger partial charge in [-0.05, 0) is 50.5 Å². The fourth-order valence-electron chi connectivity index (χ4n) is 3.64. The largest absolute Gasteiger partial charge is 0.352 e. The zero-order chi connectivity index (χ0) is 26.5. The number of rotatable bonds is 10. The minimum absolute atomic E-state index is 0.0272. The topological polar surface area (TPSA) is 86.8 Å². The van der Waals surface area contributed by atoms with Crippen molar-refractivity contribution >= 4 is 50.7 Å². The first-order chi connectivity index (χ1) is 16.2. The maximum absolute atomic E-state index is 13.7. The minimum Gasteiger partial charge on any atom is -0.352 e. The van der Waals surface area contributed by atoms with Gasteiger partial charge in [-0.15, -0.1) is 0 Å². The van der Waals surface area contributed by atoms with E-state index >= 15 is 0 Å². The lowest BCUT2D eigenvalue weighted by Gasteiger charge is -2.33. The van der Waals surface area contributed by atoms with Gasteiger partial charge in [-0.2, -0.15) is 0 Å². The molecule has 1 atom stereocenters. The van der Waals surface area contributed by atoms with Gasteiger partial charge in [-0.25, -0.2) is 8.42 Å². The minimum atomic E-state index is -3.82. The molecule has 10 heteroatoms. The number of halogens is 2. The molecule has 0 aromatic heterocycles. The number of nitrogens with one attached hydrogen (secondary N) is 1. The normalized spacial score (nSPS) is 12.5. The molecule has 0 aliphatic carbocycles. The summed E-state index contributed by atoms with van der Waals surface area (Å²) in [5.74, 6) is -0.902. The number of nitrogens with zero attached hydrogens (tertiary/aromatic N) is 2. The number of amides is 2. The maximum atomic E-state index is 13.7. The maximum Gasteiger partial charge on any atom is 0.244 e. The van der Waals surface area contributed by atoms with Crippen molar-refractivity contribution < 1.29 is 18.0 Å². The third-order valence-electron chi connectivity index (χ3n) is 5.50. The standard InChI is InChI=1S/C25H33Cl2N3O4S/c1-16(2)19-10-7-8-13-23(19)30(35(6,33)34)15-24(31)29(18(5)25(32)28-17(3)4)14-20-21(26)11-9-12-22(20)27/h7-13,16-18H,14-15H2,1-6H3,(H,28,32)/t18-/m1/s1. The first-order valence-corrected chi connectivity index (χ1v) is 13.9. The molecule has 0 spiro atoms. The second-order valence-corrected chi connectivity index (χ2v) is 11.8. The van der Waals surface area contributed by atoms with Crippen molar-refractivity contribution in [3.05, 3.63) is 63.6 Å². The van der Waals surface area contributed by atoms with Gasteiger partial charge >= 0.3 is 0 Å². The van der Waals surface area contributed by atoms with E-state index in [9.17, 15) is 18.0 Å². The lowest BCUT2D eigenvalue weighted by Crippen LogP contribution is -2.52. The van der Waals surface area contributed by atoms with Crippen molar-refractivity contribution in [2.45, 2.75) is 59.2 Å². The first-order valence-electron chi connectivity index (χ1n) is 11.3. The zero-order valence-corrected chi connectivity index (χ0v) is 23.2. The van der Waals surface area contributed by atoms with Crippen LogP contribution in [-0.4, -0.2) is 50.0 Å². The average molecular weight is 543 g/mol. The van der Waals surface area contributed by atoms with Crippen molar-refractivity contribution in [1.29, 1.82) is 0 Å². The summed E-state index contributed by atoms with van der Waals surface area (Å²) >= 11 is 12.7. The summed E-state index contributed by atoms with van der Waals surface area (Å²) in [4.78, 5) is 27.8. The Morgan fingerprint density at radius 1 is 0.943 bits per heavy atom. The van der Waals surface area contributed by atoms with Gasteiger partial charge in [-0.3, -0.25) is 13.9 Å². The Labute approximate surface area is 218 Å². The van der Waals surface area contributed by atoms with E-state index in [0.717, 1.165) is 16.1 Å². The third kappa shape index (κ3) is 7.59. The molecule has 0 aliphatic rings. The third-order valence-corrected chi connectivity index (χ3v) is 7.33. The molecule has 2 aromatic rings. The fraction of sp³-hybridized carbons (Fsp3) is 0.440. The van der Waals surface area contributed by atoms with E-state index in [0.29, 0.717) is 21.3 Å². The Morgan fingerprint density at radius 2 is 1.51 bits per heavy atom. The molecule has 2 amide bonds. The summed E-state index contributed by atoms with van der Waals surface area (Å²) in [6, 6.07) is 11.0. The number of anilines is 1. The van der Waals surface area contributed by atoms with E-state index in [1.54, 1.807) is 37.3 Å². The number of para-hydroxylation sites is 1. The Bertz CT molecular complexity index is 1150. The van der Waals surface area contributed by atoms with Gasteiger partial charge in [0.2, 0.25) is 21.8 Å². The smallest absolute Gasteiger partial charge is 0.244 e. The van der Waals surface area contributed by atoms with Crippen molar-refractivity contribution in [3.8, 4) is 0 Å². The van der Waals surface area contributed by atoms with Gasteiger partial charge in [-0.1, -0.05) is 61.3 Å². The van der Waals surface area contributed by atoms with Crippen LogP contribution in [0.15, 0.2) is 42.5 Å². The van der Waals surface area contributed by atoms with Gasteiger partial charge in [0.15, 0.2) is 0 Å². The summed E-state index contributed by atoms with van der Waals surface area (Å²) in [7, 11) is -3.82. The van der Waals surface area contributed by atoms with E-state index < -0.39 is 28.5 Å². The highest BCUT2D eigenvalue weighted by Gasteiger charge is 2.32. The predicted octanol–water partition coefficient (Wildman–Crippen LogP) is 4.82. The number of sulfonamides is 1. The molecule has 1 N–H and O–H groups in total.